The van der Waals surface area contributed by atoms with Crippen molar-refractivity contribution in [2.24, 2.45) is 0 Å². The van der Waals surface area contributed by atoms with Crippen LogP contribution in [0.15, 0.2) is 28.2 Å². The lowest BCUT2D eigenvalue weighted by Crippen LogP contribution is -2.22. The Morgan fingerprint density at radius 1 is 1.47 bits per heavy atom. The number of aromatic nitrogens is 2. The van der Waals surface area contributed by atoms with E-state index in [2.05, 4.69) is 57.7 Å². The molecule has 0 bridgehead atoms. The monoisotopic (exact) mass is 313 g/mol. The van der Waals surface area contributed by atoms with Crippen molar-refractivity contribution in [1.82, 2.24) is 15.1 Å². The Morgan fingerprint density at radius 3 is 2.94 bits per heavy atom. The topological polar surface area (TPSA) is 29.9 Å². The van der Waals surface area contributed by atoms with Crippen molar-refractivity contribution in [3.05, 3.63) is 38.8 Å². The molecule has 0 saturated heterocycles. The molecule has 3 nitrogen and oxygen atoms in total. The zero-order valence-corrected chi connectivity index (χ0v) is 12.4. The summed E-state index contributed by atoms with van der Waals surface area (Å²) in [5.74, 6) is 0. The summed E-state index contributed by atoms with van der Waals surface area (Å²) >= 11 is 5.29. The van der Waals surface area contributed by atoms with E-state index in [1.807, 2.05) is 10.9 Å². The number of halogens is 1. The van der Waals surface area contributed by atoms with E-state index in [1.54, 1.807) is 11.3 Å². The number of hydrogen-bond acceptors (Lipinski definition) is 3. The molecule has 2 aromatic rings. The molecule has 1 N–H and O–H groups in total. The molecule has 0 spiro atoms. The molecule has 2 aromatic heterocycles. The van der Waals surface area contributed by atoms with Gasteiger partial charge in [0.1, 0.15) is 0 Å². The molecule has 2 rings (SSSR count). The van der Waals surface area contributed by atoms with E-state index in [4.69, 9.17) is 0 Å². The molecule has 0 unspecified atom stereocenters. The average molecular weight is 314 g/mol. The lowest BCUT2D eigenvalue weighted by Gasteiger charge is -2.05. The van der Waals surface area contributed by atoms with Gasteiger partial charge in [0.05, 0.1) is 12.2 Å². The van der Waals surface area contributed by atoms with Gasteiger partial charge < -0.3 is 5.32 Å². The van der Waals surface area contributed by atoms with Gasteiger partial charge in [-0.15, -0.1) is 11.3 Å². The van der Waals surface area contributed by atoms with Crippen LogP contribution < -0.4 is 5.32 Å². The standard InChI is InChI=1S/C12H16BrN3S/c1-9(2)14-7-10-3-5-16(15-10)8-12-11(13)4-6-17-12/h3-6,9,14H,7-8H2,1-2H3. The van der Waals surface area contributed by atoms with Gasteiger partial charge in [0.15, 0.2) is 0 Å². The van der Waals surface area contributed by atoms with E-state index >= 15 is 0 Å². The summed E-state index contributed by atoms with van der Waals surface area (Å²) in [5, 5.41) is 9.99. The molecular weight excluding hydrogens is 298 g/mol. The second-order valence-electron chi connectivity index (χ2n) is 4.23. The second-order valence-corrected chi connectivity index (χ2v) is 6.09. The SMILES string of the molecule is CC(C)NCc1ccn(Cc2sccc2Br)n1. The number of nitrogens with one attached hydrogen (secondary N) is 1. The van der Waals surface area contributed by atoms with E-state index in [0.29, 0.717) is 6.04 Å². The van der Waals surface area contributed by atoms with Crippen molar-refractivity contribution in [3.63, 3.8) is 0 Å². The van der Waals surface area contributed by atoms with Gasteiger partial charge in [0.25, 0.3) is 0 Å². The van der Waals surface area contributed by atoms with Crippen molar-refractivity contribution < 1.29 is 0 Å². The highest BCUT2D eigenvalue weighted by Gasteiger charge is 2.04. The second kappa shape index (κ2) is 5.80. The van der Waals surface area contributed by atoms with E-state index < -0.39 is 0 Å². The molecule has 0 aliphatic heterocycles. The van der Waals surface area contributed by atoms with Crippen LogP contribution in [0.3, 0.4) is 0 Å². The molecule has 92 valence electrons. The lowest BCUT2D eigenvalue weighted by molar-refractivity contribution is 0.570. The summed E-state index contributed by atoms with van der Waals surface area (Å²) in [7, 11) is 0. The Balaban J connectivity index is 1.97. The maximum absolute atomic E-state index is 4.54. The highest BCUT2D eigenvalue weighted by molar-refractivity contribution is 9.10. The fraction of sp³-hybridized carbons (Fsp3) is 0.417. The van der Waals surface area contributed by atoms with E-state index in [1.165, 1.54) is 9.35 Å². The van der Waals surface area contributed by atoms with Crippen molar-refractivity contribution in [1.29, 1.82) is 0 Å². The summed E-state index contributed by atoms with van der Waals surface area (Å²) in [4.78, 5) is 1.30. The first-order valence-electron chi connectivity index (χ1n) is 5.62. The number of hydrogen-bond donors (Lipinski definition) is 1. The number of rotatable bonds is 5. The number of thiophene rings is 1. The minimum atomic E-state index is 0.492. The Hall–Kier alpha value is -0.650. The Morgan fingerprint density at radius 2 is 2.29 bits per heavy atom. The van der Waals surface area contributed by atoms with Gasteiger partial charge in [0.2, 0.25) is 0 Å². The normalized spacial score (nSPS) is 11.3. The first-order chi connectivity index (χ1) is 8.15. The third kappa shape index (κ3) is 3.66. The predicted octanol–water partition coefficient (Wildman–Crippen LogP) is 3.25. The molecule has 0 aliphatic rings. The lowest BCUT2D eigenvalue weighted by atomic mass is 10.3. The summed E-state index contributed by atoms with van der Waals surface area (Å²) in [6.07, 6.45) is 2.03. The van der Waals surface area contributed by atoms with Gasteiger partial charge in [-0.25, -0.2) is 0 Å². The molecule has 5 heteroatoms. The van der Waals surface area contributed by atoms with E-state index in [-0.39, 0.29) is 0 Å². The van der Waals surface area contributed by atoms with Crippen molar-refractivity contribution in [3.8, 4) is 0 Å². The molecule has 0 fully saturated rings. The summed E-state index contributed by atoms with van der Waals surface area (Å²) in [6.45, 7) is 5.94. The molecule has 17 heavy (non-hydrogen) atoms. The van der Waals surface area contributed by atoms with Crippen molar-refractivity contribution >= 4 is 27.3 Å². The van der Waals surface area contributed by atoms with Crippen LogP contribution in [0.1, 0.15) is 24.4 Å². The fourth-order valence-electron chi connectivity index (χ4n) is 1.48. The molecule has 0 saturated carbocycles. The highest BCUT2D eigenvalue weighted by Crippen LogP contribution is 2.23. The van der Waals surface area contributed by atoms with E-state index in [0.717, 1.165) is 18.8 Å². The van der Waals surface area contributed by atoms with Crippen LogP contribution in [0.4, 0.5) is 0 Å². The van der Waals surface area contributed by atoms with Crippen LogP contribution in [0, 0.1) is 0 Å². The summed E-state index contributed by atoms with van der Waals surface area (Å²) < 4.78 is 3.15. The highest BCUT2D eigenvalue weighted by atomic mass is 79.9. The minimum absolute atomic E-state index is 0.492. The first-order valence-corrected chi connectivity index (χ1v) is 7.30. The average Bonchev–Trinajstić information content (AvgIpc) is 2.87. The third-order valence-electron chi connectivity index (χ3n) is 2.38. The Kier molecular flexibility index (Phi) is 4.36. The fourth-order valence-corrected chi connectivity index (χ4v) is 2.95. The van der Waals surface area contributed by atoms with Gasteiger partial charge in [0, 0.05) is 28.1 Å². The zero-order valence-electron chi connectivity index (χ0n) is 9.98. The quantitative estimate of drug-likeness (QED) is 0.918. The van der Waals surface area contributed by atoms with Crippen LogP contribution in [0.5, 0.6) is 0 Å². The Bertz CT molecular complexity index is 476. The molecule has 0 atom stereocenters. The van der Waals surface area contributed by atoms with Gasteiger partial charge in [-0.1, -0.05) is 13.8 Å². The van der Waals surface area contributed by atoms with Gasteiger partial charge in [-0.3, -0.25) is 4.68 Å². The molecular formula is C12H16BrN3S. The number of nitrogens with zero attached hydrogens (tertiary/aromatic N) is 2. The van der Waals surface area contributed by atoms with Gasteiger partial charge >= 0.3 is 0 Å². The molecule has 0 aliphatic carbocycles. The van der Waals surface area contributed by atoms with Crippen molar-refractivity contribution in [2.75, 3.05) is 0 Å². The van der Waals surface area contributed by atoms with Crippen LogP contribution in [0.25, 0.3) is 0 Å². The Labute approximate surface area is 114 Å². The van der Waals surface area contributed by atoms with Crippen LogP contribution in [-0.2, 0) is 13.1 Å². The maximum atomic E-state index is 4.54. The summed E-state index contributed by atoms with van der Waals surface area (Å²) in [6, 6.07) is 4.63. The first kappa shape index (κ1) is 12.8. The van der Waals surface area contributed by atoms with Crippen LogP contribution >= 0.6 is 27.3 Å². The molecule has 2 heterocycles. The minimum Gasteiger partial charge on any atom is -0.309 e. The third-order valence-corrected chi connectivity index (χ3v) is 4.30. The van der Waals surface area contributed by atoms with Crippen LogP contribution in [-0.4, -0.2) is 15.8 Å². The smallest absolute Gasteiger partial charge is 0.0763 e. The predicted molar refractivity (Wildman–Crippen MR) is 75.3 cm³/mol. The van der Waals surface area contributed by atoms with E-state index in [9.17, 15) is 0 Å². The summed E-state index contributed by atoms with van der Waals surface area (Å²) in [5.41, 5.74) is 1.09. The van der Waals surface area contributed by atoms with Crippen molar-refractivity contribution in [2.45, 2.75) is 33.0 Å². The van der Waals surface area contributed by atoms with Crippen LogP contribution in [0.2, 0.25) is 0 Å². The molecule has 0 radical (unpaired) electrons. The zero-order chi connectivity index (χ0) is 12.3. The maximum Gasteiger partial charge on any atom is 0.0763 e. The molecule has 0 amide bonds. The molecule has 0 aromatic carbocycles. The van der Waals surface area contributed by atoms with Gasteiger partial charge in [-0.2, -0.15) is 5.10 Å². The van der Waals surface area contributed by atoms with Gasteiger partial charge in [-0.05, 0) is 33.4 Å². The largest absolute Gasteiger partial charge is 0.309 e.